The van der Waals surface area contributed by atoms with Crippen molar-refractivity contribution in [3.05, 3.63) is 35.8 Å². The fourth-order valence-electron chi connectivity index (χ4n) is 3.62. The molecule has 1 saturated carbocycles. The van der Waals surface area contributed by atoms with Gasteiger partial charge in [0.15, 0.2) is 0 Å². The van der Waals surface area contributed by atoms with E-state index in [-0.39, 0.29) is 17.9 Å². The molecule has 2 fully saturated rings. The number of aryl methyl sites for hydroxylation is 2. The fraction of sp³-hybridized carbons (Fsp3) is 0.556. The first-order chi connectivity index (χ1) is 12.0. The Bertz CT molecular complexity index is 797. The standard InChI is InChI=1S/C18H24N6O/c1-11-8-14(22-17(21-11)12-4-5-12)20-10-13-9-15(25)24(3)16(13)18-19-6-7-23(18)2/h6-8,12-13,16H,4-5,9-10H2,1-3H3,(H,20,21,22)/t13-,16+/m0/s1. The van der Waals surface area contributed by atoms with Gasteiger partial charge in [0.2, 0.25) is 5.91 Å². The highest BCUT2D eigenvalue weighted by Crippen LogP contribution is 2.39. The van der Waals surface area contributed by atoms with E-state index in [0.717, 1.165) is 23.2 Å². The van der Waals surface area contributed by atoms with Crippen molar-refractivity contribution in [1.82, 2.24) is 24.4 Å². The van der Waals surface area contributed by atoms with Crippen LogP contribution in [-0.4, -0.2) is 43.9 Å². The Morgan fingerprint density at radius 1 is 1.28 bits per heavy atom. The summed E-state index contributed by atoms with van der Waals surface area (Å²) >= 11 is 0. The number of anilines is 1. The van der Waals surface area contributed by atoms with Crippen molar-refractivity contribution in [2.75, 3.05) is 18.9 Å². The van der Waals surface area contributed by atoms with Crippen LogP contribution in [0.2, 0.25) is 0 Å². The summed E-state index contributed by atoms with van der Waals surface area (Å²) in [6.45, 7) is 2.69. The normalized spacial score (nSPS) is 23.3. The second-order valence-corrected chi connectivity index (χ2v) is 7.22. The fourth-order valence-corrected chi connectivity index (χ4v) is 3.62. The Hall–Kier alpha value is -2.44. The molecule has 3 heterocycles. The van der Waals surface area contributed by atoms with Gasteiger partial charge in [-0.1, -0.05) is 0 Å². The molecule has 2 aromatic heterocycles. The van der Waals surface area contributed by atoms with Gasteiger partial charge in [-0.25, -0.2) is 15.0 Å². The summed E-state index contributed by atoms with van der Waals surface area (Å²) in [6, 6.07) is 1.97. The maximum absolute atomic E-state index is 12.3. The van der Waals surface area contributed by atoms with E-state index in [1.807, 2.05) is 42.7 Å². The van der Waals surface area contributed by atoms with Crippen LogP contribution in [0.3, 0.4) is 0 Å². The zero-order chi connectivity index (χ0) is 17.6. The van der Waals surface area contributed by atoms with Crippen molar-refractivity contribution in [1.29, 1.82) is 0 Å². The molecule has 2 aliphatic rings. The van der Waals surface area contributed by atoms with E-state index in [4.69, 9.17) is 0 Å². The van der Waals surface area contributed by atoms with Gasteiger partial charge in [0.05, 0.1) is 6.04 Å². The minimum Gasteiger partial charge on any atom is -0.370 e. The van der Waals surface area contributed by atoms with Crippen molar-refractivity contribution in [3.8, 4) is 0 Å². The number of nitrogens with one attached hydrogen (secondary N) is 1. The van der Waals surface area contributed by atoms with Crippen LogP contribution in [0.15, 0.2) is 18.5 Å². The Morgan fingerprint density at radius 2 is 2.08 bits per heavy atom. The van der Waals surface area contributed by atoms with Gasteiger partial charge in [-0.05, 0) is 19.8 Å². The second kappa shape index (κ2) is 6.13. The average Bonchev–Trinajstić information content (AvgIpc) is 3.29. The number of carbonyl (C=O) groups is 1. The number of likely N-dealkylation sites (tertiary alicyclic amines) is 1. The van der Waals surface area contributed by atoms with E-state index < -0.39 is 0 Å². The van der Waals surface area contributed by atoms with E-state index in [1.165, 1.54) is 12.8 Å². The molecule has 2 aromatic rings. The van der Waals surface area contributed by atoms with E-state index in [1.54, 1.807) is 6.20 Å². The first-order valence-electron chi connectivity index (χ1n) is 8.85. The maximum atomic E-state index is 12.3. The lowest BCUT2D eigenvalue weighted by atomic mass is 9.99. The van der Waals surface area contributed by atoms with Crippen molar-refractivity contribution >= 4 is 11.7 Å². The monoisotopic (exact) mass is 340 g/mol. The van der Waals surface area contributed by atoms with Crippen molar-refractivity contribution in [2.24, 2.45) is 13.0 Å². The lowest BCUT2D eigenvalue weighted by Crippen LogP contribution is -2.29. The Morgan fingerprint density at radius 3 is 2.76 bits per heavy atom. The minimum atomic E-state index is -0.00848. The summed E-state index contributed by atoms with van der Waals surface area (Å²) in [5.74, 6) is 3.59. The van der Waals surface area contributed by atoms with Gasteiger partial charge in [0, 0.05) is 63.1 Å². The summed E-state index contributed by atoms with van der Waals surface area (Å²) in [5.41, 5.74) is 0.986. The SMILES string of the molecule is Cc1cc(NC[C@@H]2CC(=O)N(C)[C@H]2c2nccn2C)nc(C2CC2)n1. The van der Waals surface area contributed by atoms with E-state index in [0.29, 0.717) is 18.9 Å². The van der Waals surface area contributed by atoms with Gasteiger partial charge in [-0.2, -0.15) is 0 Å². The van der Waals surface area contributed by atoms with Crippen LogP contribution in [0.1, 0.15) is 48.6 Å². The molecule has 2 atom stereocenters. The molecule has 0 spiro atoms. The summed E-state index contributed by atoms with van der Waals surface area (Å²) in [5, 5.41) is 3.44. The third kappa shape index (κ3) is 3.10. The Kier molecular flexibility index (Phi) is 3.94. The van der Waals surface area contributed by atoms with Crippen LogP contribution in [0.25, 0.3) is 0 Å². The van der Waals surface area contributed by atoms with E-state index >= 15 is 0 Å². The van der Waals surface area contributed by atoms with Crippen molar-refractivity contribution < 1.29 is 4.79 Å². The molecule has 4 rings (SSSR count). The lowest BCUT2D eigenvalue weighted by molar-refractivity contribution is -0.127. The molecular formula is C18H24N6O. The van der Waals surface area contributed by atoms with E-state index in [2.05, 4.69) is 20.3 Å². The first kappa shape index (κ1) is 16.1. The number of aromatic nitrogens is 4. The number of imidazole rings is 1. The van der Waals surface area contributed by atoms with Crippen molar-refractivity contribution in [3.63, 3.8) is 0 Å². The number of hydrogen-bond acceptors (Lipinski definition) is 5. The van der Waals surface area contributed by atoms with Crippen molar-refractivity contribution in [2.45, 2.75) is 38.1 Å². The summed E-state index contributed by atoms with van der Waals surface area (Å²) < 4.78 is 1.99. The van der Waals surface area contributed by atoms with Gasteiger partial charge in [-0.15, -0.1) is 0 Å². The Balaban J connectivity index is 1.51. The molecule has 0 bridgehead atoms. The molecule has 0 radical (unpaired) electrons. The largest absolute Gasteiger partial charge is 0.370 e. The van der Waals surface area contributed by atoms with Gasteiger partial charge in [0.1, 0.15) is 17.5 Å². The number of nitrogens with zero attached hydrogens (tertiary/aromatic N) is 5. The zero-order valence-corrected chi connectivity index (χ0v) is 14.9. The number of rotatable bonds is 5. The molecule has 7 heteroatoms. The molecule has 0 unspecified atom stereocenters. The summed E-state index contributed by atoms with van der Waals surface area (Å²) in [4.78, 5) is 27.7. The van der Waals surface area contributed by atoms with Crippen LogP contribution < -0.4 is 5.32 Å². The van der Waals surface area contributed by atoms with Crippen LogP contribution in [0, 0.1) is 12.8 Å². The topological polar surface area (TPSA) is 75.9 Å². The molecule has 1 saturated heterocycles. The van der Waals surface area contributed by atoms with Gasteiger partial charge < -0.3 is 14.8 Å². The van der Waals surface area contributed by atoms with Gasteiger partial charge >= 0.3 is 0 Å². The zero-order valence-electron chi connectivity index (χ0n) is 14.9. The highest BCUT2D eigenvalue weighted by atomic mass is 16.2. The predicted molar refractivity (Wildman–Crippen MR) is 94.1 cm³/mol. The van der Waals surface area contributed by atoms with Gasteiger partial charge in [-0.3, -0.25) is 4.79 Å². The minimum absolute atomic E-state index is 0.00848. The van der Waals surface area contributed by atoms with Crippen LogP contribution in [0.5, 0.6) is 0 Å². The average molecular weight is 340 g/mol. The predicted octanol–water partition coefficient (Wildman–Crippen LogP) is 2.03. The highest BCUT2D eigenvalue weighted by molar-refractivity contribution is 5.79. The Labute approximate surface area is 147 Å². The lowest BCUT2D eigenvalue weighted by Gasteiger charge is -2.25. The smallest absolute Gasteiger partial charge is 0.223 e. The molecule has 1 N–H and O–H groups in total. The molecule has 0 aromatic carbocycles. The molecule has 1 aliphatic carbocycles. The number of carbonyl (C=O) groups excluding carboxylic acids is 1. The number of amides is 1. The third-order valence-corrected chi connectivity index (χ3v) is 5.18. The van der Waals surface area contributed by atoms with Crippen LogP contribution >= 0.6 is 0 Å². The molecule has 7 nitrogen and oxygen atoms in total. The van der Waals surface area contributed by atoms with Crippen LogP contribution in [0.4, 0.5) is 5.82 Å². The van der Waals surface area contributed by atoms with E-state index in [9.17, 15) is 4.79 Å². The first-order valence-corrected chi connectivity index (χ1v) is 8.85. The summed E-state index contributed by atoms with van der Waals surface area (Å²) in [7, 11) is 3.83. The van der Waals surface area contributed by atoms with Crippen LogP contribution in [-0.2, 0) is 11.8 Å². The summed E-state index contributed by atoms with van der Waals surface area (Å²) in [6.07, 6.45) is 6.61. The maximum Gasteiger partial charge on any atom is 0.223 e. The quantitative estimate of drug-likeness (QED) is 0.901. The third-order valence-electron chi connectivity index (χ3n) is 5.18. The number of hydrogen-bond donors (Lipinski definition) is 1. The molecule has 1 amide bonds. The molecule has 25 heavy (non-hydrogen) atoms. The van der Waals surface area contributed by atoms with Gasteiger partial charge in [0.25, 0.3) is 0 Å². The molecule has 132 valence electrons. The highest BCUT2D eigenvalue weighted by Gasteiger charge is 2.40. The second-order valence-electron chi connectivity index (χ2n) is 7.22. The molecule has 1 aliphatic heterocycles. The molecular weight excluding hydrogens is 316 g/mol.